The van der Waals surface area contributed by atoms with Gasteiger partial charge in [-0.3, -0.25) is 4.79 Å². The molecule has 1 atom stereocenters. The lowest BCUT2D eigenvalue weighted by molar-refractivity contribution is -0.136. The van der Waals surface area contributed by atoms with Crippen LogP contribution in [0.25, 0.3) is 6.08 Å². The molecule has 0 bridgehead atoms. The molecule has 0 heterocycles. The number of carbonyl (C=O) groups is 1. The summed E-state index contributed by atoms with van der Waals surface area (Å²) < 4.78 is 24.6. The van der Waals surface area contributed by atoms with Gasteiger partial charge in [0.25, 0.3) is 0 Å². The van der Waals surface area contributed by atoms with Crippen molar-refractivity contribution in [2.45, 2.75) is 11.7 Å². The Morgan fingerprint density at radius 2 is 1.76 bits per heavy atom. The normalized spacial score (nSPS) is 12.4. The third-order valence-electron chi connectivity index (χ3n) is 3.29. The molecule has 1 unspecified atom stereocenters. The van der Waals surface area contributed by atoms with Crippen molar-refractivity contribution < 1.29 is 18.3 Å². The van der Waals surface area contributed by atoms with Crippen LogP contribution in [0.1, 0.15) is 17.5 Å². The maximum Gasteiger partial charge on any atom is 0.323 e. The number of aliphatic carboxylic acids is 1. The first-order valence-electron chi connectivity index (χ1n) is 7.33. The molecular formula is C19H15ClO4S. The predicted octanol–water partition coefficient (Wildman–Crippen LogP) is 3.62. The maximum atomic E-state index is 12.3. The summed E-state index contributed by atoms with van der Waals surface area (Å²) in [6.07, 6.45) is 1.07. The van der Waals surface area contributed by atoms with Crippen molar-refractivity contribution in [3.05, 3.63) is 76.2 Å². The zero-order valence-electron chi connectivity index (χ0n) is 13.1. The van der Waals surface area contributed by atoms with Gasteiger partial charge in [-0.15, -0.1) is 0 Å². The molecule has 2 aromatic carbocycles. The van der Waals surface area contributed by atoms with E-state index in [2.05, 4.69) is 11.8 Å². The molecule has 0 spiro atoms. The molecule has 0 aliphatic heterocycles. The molecule has 0 amide bonds. The van der Waals surface area contributed by atoms with Crippen LogP contribution in [0.2, 0.25) is 5.02 Å². The van der Waals surface area contributed by atoms with Crippen molar-refractivity contribution in [2.24, 2.45) is 0 Å². The molecule has 128 valence electrons. The van der Waals surface area contributed by atoms with Crippen LogP contribution in [-0.4, -0.2) is 24.7 Å². The van der Waals surface area contributed by atoms with Crippen LogP contribution in [0.4, 0.5) is 0 Å². The van der Waals surface area contributed by atoms with Crippen LogP contribution in [0, 0.1) is 11.8 Å². The van der Waals surface area contributed by atoms with E-state index in [0.29, 0.717) is 16.1 Å². The fraction of sp³-hybridized carbons (Fsp3) is 0.105. The molecule has 2 rings (SSSR count). The highest BCUT2D eigenvalue weighted by Gasteiger charge is 2.29. The van der Waals surface area contributed by atoms with Gasteiger partial charge in [0.05, 0.1) is 0 Å². The Balaban J connectivity index is 2.15. The number of rotatable bonds is 5. The largest absolute Gasteiger partial charge is 0.480 e. The lowest BCUT2D eigenvalue weighted by Gasteiger charge is -2.06. The zero-order valence-corrected chi connectivity index (χ0v) is 14.7. The van der Waals surface area contributed by atoms with Crippen molar-refractivity contribution in [3.8, 4) is 11.8 Å². The van der Waals surface area contributed by atoms with Crippen LogP contribution in [0.5, 0.6) is 0 Å². The van der Waals surface area contributed by atoms with Gasteiger partial charge in [-0.25, -0.2) is 8.42 Å². The molecule has 6 heteroatoms. The van der Waals surface area contributed by atoms with Gasteiger partial charge >= 0.3 is 5.97 Å². The van der Waals surface area contributed by atoms with Gasteiger partial charge in [0.2, 0.25) is 0 Å². The van der Waals surface area contributed by atoms with Crippen molar-refractivity contribution in [2.75, 3.05) is 0 Å². The number of hydrogen-bond acceptors (Lipinski definition) is 3. The highest BCUT2D eigenvalue weighted by atomic mass is 35.5. The average Bonchev–Trinajstić information content (AvgIpc) is 2.59. The standard InChI is InChI=1S/C19H15ClO4S/c20-17-11-9-16(10-12-17)7-4-8-18(19(21)22)25(23,24)14-13-15-5-2-1-3-6-15/h1-3,5-6,9-14,18H,8H2,(H,21,22)/b14-13+. The van der Waals surface area contributed by atoms with Crippen molar-refractivity contribution in [1.29, 1.82) is 0 Å². The monoisotopic (exact) mass is 374 g/mol. The summed E-state index contributed by atoms with van der Waals surface area (Å²) >= 11 is 5.77. The molecule has 1 N–H and O–H groups in total. The SMILES string of the molecule is O=C(O)C(CC#Cc1ccc(Cl)cc1)S(=O)(=O)/C=C/c1ccccc1. The lowest BCUT2D eigenvalue weighted by Crippen LogP contribution is -2.28. The van der Waals surface area contributed by atoms with Gasteiger partial charge in [0.15, 0.2) is 15.1 Å². The number of carboxylic acid groups (broad SMARTS) is 1. The summed E-state index contributed by atoms with van der Waals surface area (Å²) in [5.41, 5.74) is 1.30. The van der Waals surface area contributed by atoms with Gasteiger partial charge in [0, 0.05) is 22.4 Å². The smallest absolute Gasteiger partial charge is 0.323 e. The molecular weight excluding hydrogens is 360 g/mol. The topological polar surface area (TPSA) is 71.4 Å². The van der Waals surface area contributed by atoms with E-state index < -0.39 is 21.1 Å². The van der Waals surface area contributed by atoms with E-state index >= 15 is 0 Å². The second-order valence-electron chi connectivity index (χ2n) is 5.14. The Bertz CT molecular complexity index is 921. The summed E-state index contributed by atoms with van der Waals surface area (Å²) in [4.78, 5) is 11.3. The molecule has 0 aliphatic carbocycles. The molecule has 4 nitrogen and oxygen atoms in total. The summed E-state index contributed by atoms with van der Waals surface area (Å²) in [5.74, 6) is 3.93. The predicted molar refractivity (Wildman–Crippen MR) is 98.8 cm³/mol. The highest BCUT2D eigenvalue weighted by Crippen LogP contribution is 2.13. The molecule has 0 aliphatic rings. The van der Waals surface area contributed by atoms with Gasteiger partial charge < -0.3 is 5.11 Å². The quantitative estimate of drug-likeness (QED) is 0.811. The summed E-state index contributed by atoms with van der Waals surface area (Å²) in [7, 11) is -3.98. The minimum Gasteiger partial charge on any atom is -0.480 e. The molecule has 0 radical (unpaired) electrons. The van der Waals surface area contributed by atoms with E-state index in [9.17, 15) is 18.3 Å². The Morgan fingerprint density at radius 3 is 2.36 bits per heavy atom. The maximum absolute atomic E-state index is 12.3. The Hall–Kier alpha value is -2.55. The molecule has 2 aromatic rings. The fourth-order valence-corrected chi connectivity index (χ4v) is 3.21. The van der Waals surface area contributed by atoms with Crippen LogP contribution in [0.15, 0.2) is 60.0 Å². The average molecular weight is 375 g/mol. The van der Waals surface area contributed by atoms with Crippen molar-refractivity contribution in [1.82, 2.24) is 0 Å². The molecule has 25 heavy (non-hydrogen) atoms. The first-order chi connectivity index (χ1) is 11.9. The second kappa shape index (κ2) is 8.52. The van der Waals surface area contributed by atoms with Gasteiger partial charge in [-0.05, 0) is 35.9 Å². The summed E-state index contributed by atoms with van der Waals surface area (Å²) in [5, 5.41) is 9.10. The first kappa shape index (κ1) is 18.8. The second-order valence-corrected chi connectivity index (χ2v) is 7.60. The molecule has 0 fully saturated rings. The van der Waals surface area contributed by atoms with E-state index in [-0.39, 0.29) is 6.42 Å². The van der Waals surface area contributed by atoms with E-state index in [4.69, 9.17) is 11.6 Å². The lowest BCUT2D eigenvalue weighted by atomic mass is 10.2. The van der Waals surface area contributed by atoms with E-state index in [1.54, 1.807) is 54.6 Å². The summed E-state index contributed by atoms with van der Waals surface area (Å²) in [6, 6.07) is 15.4. The van der Waals surface area contributed by atoms with Gasteiger partial charge in [0.1, 0.15) is 0 Å². The first-order valence-corrected chi connectivity index (χ1v) is 9.31. The number of carboxylic acids is 1. The fourth-order valence-electron chi connectivity index (χ4n) is 1.96. The number of hydrogen-bond donors (Lipinski definition) is 1. The molecule has 0 aromatic heterocycles. The Labute approximate surface area is 151 Å². The van der Waals surface area contributed by atoms with Gasteiger partial charge in [-0.1, -0.05) is 53.8 Å². The Kier molecular flexibility index (Phi) is 6.40. The van der Waals surface area contributed by atoms with Crippen LogP contribution < -0.4 is 0 Å². The summed E-state index contributed by atoms with van der Waals surface area (Å²) in [6.45, 7) is 0. The molecule has 0 saturated heterocycles. The van der Waals surface area contributed by atoms with Crippen LogP contribution in [0.3, 0.4) is 0 Å². The van der Waals surface area contributed by atoms with E-state index in [1.165, 1.54) is 6.08 Å². The minimum absolute atomic E-state index is 0.306. The third-order valence-corrected chi connectivity index (χ3v) is 5.22. The third kappa shape index (κ3) is 5.79. The van der Waals surface area contributed by atoms with Gasteiger partial charge in [-0.2, -0.15) is 0 Å². The zero-order chi connectivity index (χ0) is 18.3. The van der Waals surface area contributed by atoms with Crippen molar-refractivity contribution >= 4 is 33.5 Å². The van der Waals surface area contributed by atoms with E-state index in [0.717, 1.165) is 5.41 Å². The number of benzene rings is 2. The van der Waals surface area contributed by atoms with E-state index in [1.807, 2.05) is 0 Å². The highest BCUT2D eigenvalue weighted by molar-refractivity contribution is 7.95. The number of halogens is 1. The minimum atomic E-state index is -3.98. The Morgan fingerprint density at radius 1 is 1.12 bits per heavy atom. The van der Waals surface area contributed by atoms with Crippen LogP contribution >= 0.6 is 11.6 Å². The van der Waals surface area contributed by atoms with Crippen LogP contribution in [-0.2, 0) is 14.6 Å². The number of sulfone groups is 1. The van der Waals surface area contributed by atoms with Crippen molar-refractivity contribution in [3.63, 3.8) is 0 Å². The molecule has 0 saturated carbocycles.